The Morgan fingerprint density at radius 2 is 2.09 bits per heavy atom. The number of para-hydroxylation sites is 1. The molecule has 1 aliphatic rings. The minimum atomic E-state index is -0.0464. The molecule has 23 heavy (non-hydrogen) atoms. The molecule has 5 heteroatoms. The van der Waals surface area contributed by atoms with Crippen molar-refractivity contribution in [3.8, 4) is 17.2 Å². The van der Waals surface area contributed by atoms with Crippen LogP contribution in [-0.4, -0.2) is 43.1 Å². The highest BCUT2D eigenvalue weighted by Crippen LogP contribution is 2.37. The van der Waals surface area contributed by atoms with Crippen LogP contribution in [0.3, 0.4) is 0 Å². The van der Waals surface area contributed by atoms with E-state index in [1.54, 1.807) is 25.3 Å². The van der Waals surface area contributed by atoms with Gasteiger partial charge >= 0.3 is 0 Å². The van der Waals surface area contributed by atoms with Crippen LogP contribution in [0, 0.1) is 0 Å². The van der Waals surface area contributed by atoms with Gasteiger partial charge in [0.25, 0.3) is 0 Å². The Morgan fingerprint density at radius 3 is 2.87 bits per heavy atom. The van der Waals surface area contributed by atoms with Crippen molar-refractivity contribution in [2.45, 2.75) is 12.5 Å². The molecule has 2 N–H and O–H groups in total. The lowest BCUT2D eigenvalue weighted by atomic mass is 10.0. The Labute approximate surface area is 135 Å². The van der Waals surface area contributed by atoms with E-state index in [1.165, 1.54) is 0 Å². The fourth-order valence-electron chi connectivity index (χ4n) is 2.97. The first-order valence-electron chi connectivity index (χ1n) is 7.68. The maximum atomic E-state index is 9.68. The monoisotopic (exact) mass is 315 g/mol. The fourth-order valence-corrected chi connectivity index (χ4v) is 2.97. The van der Waals surface area contributed by atoms with Crippen LogP contribution in [0.5, 0.6) is 17.2 Å². The summed E-state index contributed by atoms with van der Waals surface area (Å²) >= 11 is 0. The van der Waals surface area contributed by atoms with Gasteiger partial charge in [-0.2, -0.15) is 0 Å². The third-order valence-corrected chi connectivity index (χ3v) is 4.01. The van der Waals surface area contributed by atoms with Crippen LogP contribution in [0.15, 0.2) is 42.5 Å². The van der Waals surface area contributed by atoms with E-state index in [-0.39, 0.29) is 18.5 Å². The van der Waals surface area contributed by atoms with Gasteiger partial charge in [0.15, 0.2) is 0 Å². The summed E-state index contributed by atoms with van der Waals surface area (Å²) in [7, 11) is 1.66. The largest absolute Gasteiger partial charge is 0.508 e. The predicted molar refractivity (Wildman–Crippen MR) is 88.5 cm³/mol. The zero-order valence-electron chi connectivity index (χ0n) is 13.1. The average Bonchev–Trinajstić information content (AvgIpc) is 2.56. The number of aliphatic hydroxyl groups excluding tert-OH is 1. The van der Waals surface area contributed by atoms with E-state index in [9.17, 15) is 10.2 Å². The van der Waals surface area contributed by atoms with E-state index < -0.39 is 0 Å². The molecule has 1 aliphatic heterocycles. The van der Waals surface area contributed by atoms with E-state index in [1.807, 2.05) is 29.2 Å². The van der Waals surface area contributed by atoms with Gasteiger partial charge in [-0.25, -0.2) is 0 Å². The molecular weight excluding hydrogens is 294 g/mol. The molecule has 5 nitrogen and oxygen atoms in total. The lowest BCUT2D eigenvalue weighted by Gasteiger charge is -2.36. The average molecular weight is 315 g/mol. The van der Waals surface area contributed by atoms with E-state index in [2.05, 4.69) is 0 Å². The van der Waals surface area contributed by atoms with Crippen LogP contribution >= 0.6 is 0 Å². The Kier molecular flexibility index (Phi) is 4.57. The van der Waals surface area contributed by atoms with Gasteiger partial charge in [-0.15, -0.1) is 0 Å². The van der Waals surface area contributed by atoms with E-state index in [4.69, 9.17) is 9.47 Å². The Morgan fingerprint density at radius 1 is 1.26 bits per heavy atom. The van der Waals surface area contributed by atoms with Crippen molar-refractivity contribution in [3.63, 3.8) is 0 Å². The molecule has 0 fully saturated rings. The Bertz CT molecular complexity index is 674. The third-order valence-electron chi connectivity index (χ3n) is 4.01. The number of ether oxygens (including phenoxy) is 2. The Balaban J connectivity index is 1.84. The molecule has 1 unspecified atom stereocenters. The van der Waals surface area contributed by atoms with E-state index in [0.29, 0.717) is 19.5 Å². The molecule has 2 aromatic rings. The molecule has 1 heterocycles. The van der Waals surface area contributed by atoms with Crippen molar-refractivity contribution >= 4 is 5.69 Å². The molecular formula is C18H21NO4. The molecule has 3 rings (SSSR count). The smallest absolute Gasteiger partial charge is 0.143 e. The van der Waals surface area contributed by atoms with Gasteiger partial charge in [-0.05, 0) is 23.8 Å². The number of benzene rings is 2. The number of aromatic hydroxyl groups is 1. The van der Waals surface area contributed by atoms with Crippen LogP contribution in [0.1, 0.15) is 5.56 Å². The highest BCUT2D eigenvalue weighted by molar-refractivity contribution is 5.63. The first-order valence-corrected chi connectivity index (χ1v) is 7.68. The van der Waals surface area contributed by atoms with Gasteiger partial charge in [0, 0.05) is 19.0 Å². The zero-order valence-corrected chi connectivity index (χ0v) is 13.1. The topological polar surface area (TPSA) is 62.2 Å². The highest BCUT2D eigenvalue weighted by Gasteiger charge is 2.26. The summed E-state index contributed by atoms with van der Waals surface area (Å²) in [6.45, 7) is 1.20. The second-order valence-corrected chi connectivity index (χ2v) is 5.58. The molecule has 2 aromatic carbocycles. The maximum Gasteiger partial charge on any atom is 0.143 e. The van der Waals surface area contributed by atoms with Crippen molar-refractivity contribution in [2.75, 3.05) is 31.7 Å². The molecule has 0 amide bonds. The molecule has 0 aromatic heterocycles. The second kappa shape index (κ2) is 6.79. The Hall–Kier alpha value is -2.40. The molecule has 0 aliphatic carbocycles. The SMILES string of the molecule is COc1ccccc1CC1CN(CCO)c2cc(O)ccc2O1. The summed E-state index contributed by atoms with van der Waals surface area (Å²) in [4.78, 5) is 2.04. The molecule has 122 valence electrons. The third kappa shape index (κ3) is 3.35. The van der Waals surface area contributed by atoms with Crippen LogP contribution in [0.4, 0.5) is 5.69 Å². The van der Waals surface area contributed by atoms with Crippen LogP contribution in [-0.2, 0) is 6.42 Å². The number of hydrogen-bond acceptors (Lipinski definition) is 5. The van der Waals surface area contributed by atoms with Crippen LogP contribution in [0.2, 0.25) is 0 Å². The van der Waals surface area contributed by atoms with Gasteiger partial charge < -0.3 is 24.6 Å². The van der Waals surface area contributed by atoms with Crippen molar-refractivity contribution in [1.82, 2.24) is 0 Å². The number of phenolic OH excluding ortho intramolecular Hbond substituents is 1. The lowest BCUT2D eigenvalue weighted by Crippen LogP contribution is -2.42. The first kappa shape index (κ1) is 15.5. The normalized spacial score (nSPS) is 16.6. The second-order valence-electron chi connectivity index (χ2n) is 5.58. The summed E-state index contributed by atoms with van der Waals surface area (Å²) < 4.78 is 11.5. The van der Waals surface area contributed by atoms with Crippen molar-refractivity contribution in [3.05, 3.63) is 48.0 Å². The molecule has 0 saturated heterocycles. The lowest BCUT2D eigenvalue weighted by molar-refractivity contribution is 0.188. The number of fused-ring (bicyclic) bond motifs is 1. The van der Waals surface area contributed by atoms with Crippen LogP contribution in [0.25, 0.3) is 0 Å². The molecule has 0 saturated carbocycles. The standard InChI is InChI=1S/C18H21NO4/c1-22-17-5-3-2-4-13(17)10-15-12-19(8-9-20)16-11-14(21)6-7-18(16)23-15/h2-7,11,15,20-21H,8-10,12H2,1H3. The summed E-state index contributed by atoms with van der Waals surface area (Å²) in [6.07, 6.45) is 0.668. The van der Waals surface area contributed by atoms with Gasteiger partial charge in [-0.3, -0.25) is 0 Å². The first-order chi connectivity index (χ1) is 11.2. The maximum absolute atomic E-state index is 9.68. The molecule has 0 spiro atoms. The highest BCUT2D eigenvalue weighted by atomic mass is 16.5. The summed E-state index contributed by atoms with van der Waals surface area (Å²) in [5.74, 6) is 1.77. The summed E-state index contributed by atoms with van der Waals surface area (Å²) in [5.41, 5.74) is 1.90. The number of aliphatic hydroxyl groups is 1. The van der Waals surface area contributed by atoms with Crippen molar-refractivity contribution in [2.24, 2.45) is 0 Å². The van der Waals surface area contributed by atoms with Gasteiger partial charge in [0.1, 0.15) is 23.4 Å². The number of β-amino-alcohol motifs (C(OH)–C–C–N with tert-alkyl or cyclic N) is 1. The summed E-state index contributed by atoms with van der Waals surface area (Å²) in [6, 6.07) is 13.0. The van der Waals surface area contributed by atoms with Crippen molar-refractivity contribution in [1.29, 1.82) is 0 Å². The quantitative estimate of drug-likeness (QED) is 0.886. The number of nitrogens with zero attached hydrogens (tertiary/aromatic N) is 1. The number of phenols is 1. The zero-order chi connectivity index (χ0) is 16.2. The van der Waals surface area contributed by atoms with Gasteiger partial charge in [0.05, 0.1) is 25.9 Å². The van der Waals surface area contributed by atoms with Gasteiger partial charge in [-0.1, -0.05) is 18.2 Å². The summed E-state index contributed by atoms with van der Waals surface area (Å²) in [5, 5.41) is 19.0. The number of anilines is 1. The predicted octanol–water partition coefficient (Wildman–Crippen LogP) is 2.20. The van der Waals surface area contributed by atoms with Crippen molar-refractivity contribution < 1.29 is 19.7 Å². The van der Waals surface area contributed by atoms with E-state index in [0.717, 1.165) is 22.7 Å². The minimum absolute atomic E-state index is 0.0464. The number of methoxy groups -OCH3 is 1. The minimum Gasteiger partial charge on any atom is -0.508 e. The number of rotatable bonds is 5. The molecule has 1 atom stereocenters. The molecule has 0 radical (unpaired) electrons. The van der Waals surface area contributed by atoms with Gasteiger partial charge in [0.2, 0.25) is 0 Å². The fraction of sp³-hybridized carbons (Fsp3) is 0.333. The number of hydrogen-bond donors (Lipinski definition) is 2. The molecule has 0 bridgehead atoms. The van der Waals surface area contributed by atoms with Crippen LogP contribution < -0.4 is 14.4 Å². The van der Waals surface area contributed by atoms with E-state index >= 15 is 0 Å².